The SMILES string of the molecule is CCCCc1nnc(NC(=O)N(C)CC(O)C2CC2)s1. The molecule has 1 fully saturated rings. The van der Waals surface area contributed by atoms with Crippen LogP contribution < -0.4 is 5.32 Å². The maximum Gasteiger partial charge on any atom is 0.323 e. The molecular formula is C13H22N4O2S. The molecule has 2 rings (SSSR count). The van der Waals surface area contributed by atoms with Crippen LogP contribution in [0.15, 0.2) is 0 Å². The smallest absolute Gasteiger partial charge is 0.323 e. The summed E-state index contributed by atoms with van der Waals surface area (Å²) < 4.78 is 0. The summed E-state index contributed by atoms with van der Waals surface area (Å²) in [5.41, 5.74) is 0. The number of aliphatic hydroxyl groups is 1. The molecule has 0 radical (unpaired) electrons. The number of nitrogens with one attached hydrogen (secondary N) is 1. The van der Waals surface area contributed by atoms with Crippen LogP contribution in [0.2, 0.25) is 0 Å². The maximum atomic E-state index is 12.0. The Hall–Kier alpha value is -1.21. The number of likely N-dealkylation sites (N-methyl/N-ethyl adjacent to an activating group) is 1. The fourth-order valence-electron chi connectivity index (χ4n) is 1.91. The first-order valence-electron chi connectivity index (χ1n) is 7.12. The molecule has 1 heterocycles. The van der Waals surface area contributed by atoms with Crippen molar-refractivity contribution in [3.05, 3.63) is 5.01 Å². The Morgan fingerprint density at radius 3 is 2.95 bits per heavy atom. The molecule has 0 aromatic carbocycles. The van der Waals surface area contributed by atoms with Gasteiger partial charge in [-0.3, -0.25) is 5.32 Å². The third kappa shape index (κ3) is 4.42. The molecular weight excluding hydrogens is 276 g/mol. The second-order valence-electron chi connectivity index (χ2n) is 5.32. The number of aryl methyl sites for hydroxylation is 1. The van der Waals surface area contributed by atoms with E-state index in [0.29, 0.717) is 17.6 Å². The van der Waals surface area contributed by atoms with Gasteiger partial charge in [0.05, 0.1) is 6.10 Å². The number of aliphatic hydroxyl groups excluding tert-OH is 1. The van der Waals surface area contributed by atoms with Crippen molar-refractivity contribution in [3.63, 3.8) is 0 Å². The molecule has 1 atom stereocenters. The van der Waals surface area contributed by atoms with E-state index in [1.807, 2.05) is 0 Å². The number of hydrogen-bond donors (Lipinski definition) is 2. The number of urea groups is 1. The molecule has 112 valence electrons. The number of aromatic nitrogens is 2. The van der Waals surface area contributed by atoms with Gasteiger partial charge in [-0.1, -0.05) is 24.7 Å². The van der Waals surface area contributed by atoms with Gasteiger partial charge in [0.15, 0.2) is 0 Å². The standard InChI is InChI=1S/C13H22N4O2S/c1-3-4-5-11-15-16-12(20-11)14-13(19)17(2)8-10(18)9-6-7-9/h9-10,18H,3-8H2,1-2H3,(H,14,16,19). The summed E-state index contributed by atoms with van der Waals surface area (Å²) in [6, 6.07) is -0.247. The topological polar surface area (TPSA) is 78.4 Å². The number of nitrogens with zero attached hydrogens (tertiary/aromatic N) is 3. The highest BCUT2D eigenvalue weighted by atomic mass is 32.1. The van der Waals surface area contributed by atoms with Crippen molar-refractivity contribution in [2.75, 3.05) is 18.9 Å². The van der Waals surface area contributed by atoms with Crippen molar-refractivity contribution in [2.45, 2.75) is 45.1 Å². The molecule has 0 aliphatic heterocycles. The molecule has 7 heteroatoms. The van der Waals surface area contributed by atoms with E-state index in [2.05, 4.69) is 22.4 Å². The first kappa shape index (κ1) is 15.2. The van der Waals surface area contributed by atoms with Gasteiger partial charge in [-0.25, -0.2) is 4.79 Å². The van der Waals surface area contributed by atoms with Crippen molar-refractivity contribution in [2.24, 2.45) is 5.92 Å². The lowest BCUT2D eigenvalue weighted by Crippen LogP contribution is -2.37. The van der Waals surface area contributed by atoms with E-state index in [0.717, 1.165) is 37.1 Å². The molecule has 1 aromatic rings. The van der Waals surface area contributed by atoms with Crippen LogP contribution in [-0.4, -0.2) is 45.9 Å². The molecule has 0 spiro atoms. The number of rotatable bonds is 7. The van der Waals surface area contributed by atoms with Crippen LogP contribution in [0.4, 0.5) is 9.93 Å². The third-order valence-corrected chi connectivity index (χ3v) is 4.30. The number of unbranched alkanes of at least 4 members (excludes halogenated alkanes) is 1. The summed E-state index contributed by atoms with van der Waals surface area (Å²) >= 11 is 1.41. The number of anilines is 1. The number of hydrogen-bond acceptors (Lipinski definition) is 5. The van der Waals surface area contributed by atoms with Crippen LogP contribution in [0, 0.1) is 5.92 Å². The lowest BCUT2D eigenvalue weighted by atomic mass is 10.2. The van der Waals surface area contributed by atoms with Gasteiger partial charge >= 0.3 is 6.03 Å². The van der Waals surface area contributed by atoms with E-state index in [1.54, 1.807) is 7.05 Å². The van der Waals surface area contributed by atoms with Gasteiger partial charge in [-0.05, 0) is 25.2 Å². The van der Waals surface area contributed by atoms with Gasteiger partial charge in [0, 0.05) is 20.0 Å². The van der Waals surface area contributed by atoms with Gasteiger partial charge in [0.1, 0.15) is 5.01 Å². The first-order valence-corrected chi connectivity index (χ1v) is 7.94. The molecule has 1 saturated carbocycles. The summed E-state index contributed by atoms with van der Waals surface area (Å²) in [4.78, 5) is 13.5. The molecule has 1 unspecified atom stereocenters. The predicted molar refractivity (Wildman–Crippen MR) is 78.9 cm³/mol. The van der Waals surface area contributed by atoms with Crippen LogP contribution >= 0.6 is 11.3 Å². The zero-order valence-corrected chi connectivity index (χ0v) is 12.8. The largest absolute Gasteiger partial charge is 0.391 e. The van der Waals surface area contributed by atoms with Gasteiger partial charge in [0.25, 0.3) is 0 Å². The van der Waals surface area contributed by atoms with E-state index < -0.39 is 6.10 Å². The Morgan fingerprint density at radius 2 is 2.30 bits per heavy atom. The lowest BCUT2D eigenvalue weighted by molar-refractivity contribution is 0.117. The van der Waals surface area contributed by atoms with Crippen LogP contribution in [0.25, 0.3) is 0 Å². The summed E-state index contributed by atoms with van der Waals surface area (Å²) in [5, 5.41) is 22.0. The fourth-order valence-corrected chi connectivity index (χ4v) is 2.68. The van der Waals surface area contributed by atoms with Gasteiger partial charge in [-0.2, -0.15) is 0 Å². The van der Waals surface area contributed by atoms with Crippen molar-refractivity contribution in [1.82, 2.24) is 15.1 Å². The van der Waals surface area contributed by atoms with Crippen LogP contribution in [0.1, 0.15) is 37.6 Å². The van der Waals surface area contributed by atoms with E-state index in [4.69, 9.17) is 0 Å². The first-order chi connectivity index (χ1) is 9.60. The second kappa shape index (κ2) is 6.99. The Morgan fingerprint density at radius 1 is 1.55 bits per heavy atom. The minimum absolute atomic E-state index is 0.247. The average molecular weight is 298 g/mol. The second-order valence-corrected chi connectivity index (χ2v) is 6.38. The highest BCUT2D eigenvalue weighted by Gasteiger charge is 2.31. The molecule has 1 aliphatic carbocycles. The van der Waals surface area contributed by atoms with Crippen molar-refractivity contribution < 1.29 is 9.90 Å². The lowest BCUT2D eigenvalue weighted by Gasteiger charge is -2.20. The zero-order valence-electron chi connectivity index (χ0n) is 12.0. The molecule has 1 aliphatic rings. The monoisotopic (exact) mass is 298 g/mol. The van der Waals surface area contributed by atoms with Gasteiger partial charge < -0.3 is 10.0 Å². The predicted octanol–water partition coefficient (Wildman–Crippen LogP) is 2.12. The van der Waals surface area contributed by atoms with E-state index in [-0.39, 0.29) is 6.03 Å². The van der Waals surface area contributed by atoms with E-state index in [9.17, 15) is 9.90 Å². The average Bonchev–Trinajstić information content (AvgIpc) is 3.18. The molecule has 0 saturated heterocycles. The van der Waals surface area contributed by atoms with Crippen molar-refractivity contribution >= 4 is 22.5 Å². The molecule has 20 heavy (non-hydrogen) atoms. The molecule has 2 amide bonds. The van der Waals surface area contributed by atoms with Crippen LogP contribution in [0.3, 0.4) is 0 Å². The Labute approximate surface area is 123 Å². The summed E-state index contributed by atoms with van der Waals surface area (Å²) in [7, 11) is 1.68. The van der Waals surface area contributed by atoms with Crippen molar-refractivity contribution in [1.29, 1.82) is 0 Å². The fraction of sp³-hybridized carbons (Fsp3) is 0.769. The molecule has 2 N–H and O–H groups in total. The van der Waals surface area contributed by atoms with Gasteiger partial charge in [-0.15, -0.1) is 10.2 Å². The van der Waals surface area contributed by atoms with E-state index in [1.165, 1.54) is 16.2 Å². The normalized spacial score (nSPS) is 15.9. The minimum atomic E-state index is -0.416. The number of carbonyl (C=O) groups is 1. The minimum Gasteiger partial charge on any atom is -0.391 e. The summed E-state index contributed by atoms with van der Waals surface area (Å²) in [6.45, 7) is 2.49. The highest BCUT2D eigenvalue weighted by molar-refractivity contribution is 7.15. The van der Waals surface area contributed by atoms with Gasteiger partial charge in [0.2, 0.25) is 5.13 Å². The zero-order chi connectivity index (χ0) is 14.5. The molecule has 6 nitrogen and oxygen atoms in total. The van der Waals surface area contributed by atoms with Crippen molar-refractivity contribution in [3.8, 4) is 0 Å². The third-order valence-electron chi connectivity index (χ3n) is 3.40. The maximum absolute atomic E-state index is 12.0. The molecule has 1 aromatic heterocycles. The summed E-state index contributed by atoms with van der Waals surface area (Å²) in [5.74, 6) is 0.368. The molecule has 0 bridgehead atoms. The Bertz CT molecular complexity index is 447. The highest BCUT2D eigenvalue weighted by Crippen LogP contribution is 2.32. The Kier molecular flexibility index (Phi) is 5.31. The Balaban J connectivity index is 1.78. The quantitative estimate of drug-likeness (QED) is 0.808. The number of carbonyl (C=O) groups excluding carboxylic acids is 1. The van der Waals surface area contributed by atoms with E-state index >= 15 is 0 Å². The number of amides is 2. The van der Waals surface area contributed by atoms with Crippen LogP contribution in [-0.2, 0) is 6.42 Å². The van der Waals surface area contributed by atoms with Crippen LogP contribution in [0.5, 0.6) is 0 Å². The summed E-state index contributed by atoms with van der Waals surface area (Å²) in [6.07, 6.45) is 4.81.